The van der Waals surface area contributed by atoms with Gasteiger partial charge >= 0.3 is 0 Å². The van der Waals surface area contributed by atoms with E-state index in [1.165, 1.54) is 49.0 Å². The van der Waals surface area contributed by atoms with Crippen molar-refractivity contribution in [1.82, 2.24) is 0 Å². The molecule has 1 aromatic heterocycles. The Bertz CT molecular complexity index is 2870. The van der Waals surface area contributed by atoms with Gasteiger partial charge in [0.05, 0.1) is 0 Å². The lowest BCUT2D eigenvalue weighted by Gasteiger charge is -2.26. The standard InChI is InChI=1S/C48H31NO/c1-3-11-32(12-4-1)35-20-21-37-29-40(24-23-36(37)27-35)49(39-15-5-2-6-16-39)41-25-26-42-44(38-22-19-33-13-7-8-14-34(33)28-38)31-47-48(45(42)30-41)43-17-9-10-18-46(43)50-47/h1-31H. The van der Waals surface area contributed by atoms with E-state index in [0.717, 1.165) is 44.6 Å². The summed E-state index contributed by atoms with van der Waals surface area (Å²) in [5.74, 6) is 0. The molecule has 0 saturated heterocycles. The molecule has 0 aliphatic heterocycles. The molecule has 9 aromatic carbocycles. The molecular formula is C48H31NO. The molecule has 234 valence electrons. The third kappa shape index (κ3) is 4.73. The summed E-state index contributed by atoms with van der Waals surface area (Å²) in [6.45, 7) is 0. The van der Waals surface area contributed by atoms with E-state index in [4.69, 9.17) is 4.42 Å². The van der Waals surface area contributed by atoms with Crippen molar-refractivity contribution in [2.45, 2.75) is 0 Å². The molecule has 0 unspecified atom stereocenters. The van der Waals surface area contributed by atoms with E-state index in [2.05, 4.69) is 187 Å². The third-order valence-corrected chi connectivity index (χ3v) is 9.98. The number of para-hydroxylation sites is 2. The van der Waals surface area contributed by atoms with Crippen LogP contribution in [0.1, 0.15) is 0 Å². The summed E-state index contributed by atoms with van der Waals surface area (Å²) >= 11 is 0. The molecule has 1 heterocycles. The molecule has 0 fully saturated rings. The summed E-state index contributed by atoms with van der Waals surface area (Å²) in [6, 6.07) is 67.5. The second-order valence-corrected chi connectivity index (χ2v) is 13.0. The van der Waals surface area contributed by atoms with Crippen LogP contribution < -0.4 is 4.90 Å². The Kier molecular flexibility index (Phi) is 6.53. The van der Waals surface area contributed by atoms with Crippen molar-refractivity contribution >= 4 is 71.3 Å². The molecule has 0 amide bonds. The van der Waals surface area contributed by atoms with E-state index in [1.54, 1.807) is 0 Å². The maximum atomic E-state index is 6.56. The molecule has 0 saturated carbocycles. The zero-order valence-corrected chi connectivity index (χ0v) is 27.3. The molecule has 0 radical (unpaired) electrons. The average molecular weight is 638 g/mol. The number of nitrogens with zero attached hydrogens (tertiary/aromatic N) is 1. The Morgan fingerprint density at radius 2 is 0.940 bits per heavy atom. The highest BCUT2D eigenvalue weighted by molar-refractivity contribution is 6.23. The molecule has 0 bridgehead atoms. The van der Waals surface area contributed by atoms with Gasteiger partial charge in [0.1, 0.15) is 11.2 Å². The van der Waals surface area contributed by atoms with Crippen molar-refractivity contribution in [3.05, 3.63) is 188 Å². The quantitative estimate of drug-likeness (QED) is 0.187. The first-order chi connectivity index (χ1) is 24.8. The van der Waals surface area contributed by atoms with Crippen molar-refractivity contribution in [3.63, 3.8) is 0 Å². The maximum Gasteiger partial charge on any atom is 0.136 e. The highest BCUT2D eigenvalue weighted by Crippen LogP contribution is 2.44. The zero-order chi connectivity index (χ0) is 33.0. The average Bonchev–Trinajstić information content (AvgIpc) is 3.57. The van der Waals surface area contributed by atoms with Crippen LogP contribution in [0.2, 0.25) is 0 Å². The lowest BCUT2D eigenvalue weighted by molar-refractivity contribution is 0.669. The van der Waals surface area contributed by atoms with Gasteiger partial charge in [-0.2, -0.15) is 0 Å². The Labute approximate surface area is 290 Å². The minimum absolute atomic E-state index is 0.894. The number of hydrogen-bond acceptors (Lipinski definition) is 2. The molecule has 50 heavy (non-hydrogen) atoms. The number of anilines is 3. The summed E-state index contributed by atoms with van der Waals surface area (Å²) in [4.78, 5) is 2.36. The van der Waals surface area contributed by atoms with E-state index in [-0.39, 0.29) is 0 Å². The number of fused-ring (bicyclic) bond motifs is 7. The van der Waals surface area contributed by atoms with Crippen molar-refractivity contribution in [3.8, 4) is 22.3 Å². The van der Waals surface area contributed by atoms with Crippen LogP contribution in [-0.2, 0) is 0 Å². The molecule has 0 aliphatic carbocycles. The Morgan fingerprint density at radius 1 is 0.320 bits per heavy atom. The van der Waals surface area contributed by atoms with Gasteiger partial charge in [-0.3, -0.25) is 0 Å². The number of benzene rings is 9. The largest absolute Gasteiger partial charge is 0.456 e. The fourth-order valence-corrected chi connectivity index (χ4v) is 7.57. The van der Waals surface area contributed by atoms with Crippen molar-refractivity contribution in [2.75, 3.05) is 4.90 Å². The predicted octanol–water partition coefficient (Wildman–Crippen LogP) is 13.8. The van der Waals surface area contributed by atoms with Crippen LogP contribution in [0.5, 0.6) is 0 Å². The van der Waals surface area contributed by atoms with Crippen LogP contribution in [0, 0.1) is 0 Å². The van der Waals surface area contributed by atoms with Gasteiger partial charge in [0.2, 0.25) is 0 Å². The molecule has 0 N–H and O–H groups in total. The lowest BCUT2D eigenvalue weighted by atomic mass is 9.93. The minimum atomic E-state index is 0.894. The number of hydrogen-bond donors (Lipinski definition) is 0. The Morgan fingerprint density at radius 3 is 1.82 bits per heavy atom. The van der Waals surface area contributed by atoms with Crippen LogP contribution in [0.4, 0.5) is 17.1 Å². The van der Waals surface area contributed by atoms with Gasteiger partial charge in [-0.25, -0.2) is 0 Å². The lowest BCUT2D eigenvalue weighted by Crippen LogP contribution is -2.09. The van der Waals surface area contributed by atoms with E-state index in [9.17, 15) is 0 Å². The Hall–Kier alpha value is -6.64. The molecule has 2 nitrogen and oxygen atoms in total. The summed E-state index contributed by atoms with van der Waals surface area (Å²) in [6.07, 6.45) is 0. The van der Waals surface area contributed by atoms with E-state index < -0.39 is 0 Å². The van der Waals surface area contributed by atoms with Gasteiger partial charge in [-0.1, -0.05) is 127 Å². The van der Waals surface area contributed by atoms with Gasteiger partial charge in [-0.15, -0.1) is 0 Å². The molecule has 2 heteroatoms. The molecule has 0 aliphatic rings. The maximum absolute atomic E-state index is 6.56. The number of rotatable bonds is 5. The highest BCUT2D eigenvalue weighted by atomic mass is 16.3. The van der Waals surface area contributed by atoms with Crippen LogP contribution >= 0.6 is 0 Å². The molecule has 10 rings (SSSR count). The van der Waals surface area contributed by atoms with E-state index in [1.807, 2.05) is 6.07 Å². The third-order valence-electron chi connectivity index (χ3n) is 9.98. The van der Waals surface area contributed by atoms with Crippen LogP contribution in [-0.4, -0.2) is 0 Å². The first-order valence-corrected chi connectivity index (χ1v) is 17.1. The van der Waals surface area contributed by atoms with Gasteiger partial charge in [0, 0.05) is 27.8 Å². The van der Waals surface area contributed by atoms with Gasteiger partial charge in [0.25, 0.3) is 0 Å². The minimum Gasteiger partial charge on any atom is -0.456 e. The normalized spacial score (nSPS) is 11.6. The van der Waals surface area contributed by atoms with Crippen molar-refractivity contribution in [2.24, 2.45) is 0 Å². The SMILES string of the molecule is c1ccc(-c2ccc3cc(N(c4ccccc4)c4ccc5c(-c6ccc7ccccc7c6)cc6oc7ccccc7c6c5c4)ccc3c2)cc1. The monoisotopic (exact) mass is 637 g/mol. The smallest absolute Gasteiger partial charge is 0.136 e. The predicted molar refractivity (Wildman–Crippen MR) is 212 cm³/mol. The molecular weight excluding hydrogens is 607 g/mol. The van der Waals surface area contributed by atoms with Crippen LogP contribution in [0.3, 0.4) is 0 Å². The van der Waals surface area contributed by atoms with Crippen LogP contribution in [0.15, 0.2) is 192 Å². The Balaban J connectivity index is 1.19. The van der Waals surface area contributed by atoms with Gasteiger partial charge < -0.3 is 9.32 Å². The first kappa shape index (κ1) is 28.4. The van der Waals surface area contributed by atoms with Crippen molar-refractivity contribution < 1.29 is 4.42 Å². The first-order valence-electron chi connectivity index (χ1n) is 17.1. The van der Waals surface area contributed by atoms with Gasteiger partial charge in [-0.05, 0) is 115 Å². The molecule has 0 spiro atoms. The number of furan rings is 1. The second kappa shape index (κ2) is 11.5. The summed E-state index contributed by atoms with van der Waals surface area (Å²) < 4.78 is 6.56. The van der Waals surface area contributed by atoms with Crippen molar-refractivity contribution in [1.29, 1.82) is 0 Å². The van der Waals surface area contributed by atoms with Crippen LogP contribution in [0.25, 0.3) is 76.5 Å². The molecule has 0 atom stereocenters. The topological polar surface area (TPSA) is 16.4 Å². The zero-order valence-electron chi connectivity index (χ0n) is 27.3. The fraction of sp³-hybridized carbons (Fsp3) is 0. The highest BCUT2D eigenvalue weighted by Gasteiger charge is 2.19. The summed E-state index contributed by atoms with van der Waals surface area (Å²) in [7, 11) is 0. The summed E-state index contributed by atoms with van der Waals surface area (Å²) in [5, 5.41) is 9.51. The fourth-order valence-electron chi connectivity index (χ4n) is 7.57. The second-order valence-electron chi connectivity index (χ2n) is 13.0. The van der Waals surface area contributed by atoms with E-state index in [0.29, 0.717) is 0 Å². The van der Waals surface area contributed by atoms with Gasteiger partial charge in [0.15, 0.2) is 0 Å². The summed E-state index contributed by atoms with van der Waals surface area (Å²) in [5.41, 5.74) is 9.87. The van der Waals surface area contributed by atoms with E-state index >= 15 is 0 Å². The molecule has 10 aromatic rings.